The number of rotatable bonds is 5. The third-order valence-electron chi connectivity index (χ3n) is 3.51. The highest BCUT2D eigenvalue weighted by molar-refractivity contribution is 8.95. The van der Waals surface area contributed by atoms with Crippen molar-refractivity contribution < 1.29 is 19.8 Å². The van der Waals surface area contributed by atoms with Gasteiger partial charge in [0.25, 0.3) is 0 Å². The molecule has 0 unspecified atom stereocenters. The molecule has 0 saturated carbocycles. The number of hydrogen-bond acceptors (Lipinski definition) is 2. The van der Waals surface area contributed by atoms with Crippen LogP contribution in [-0.2, 0) is 9.59 Å². The Balaban J connectivity index is 2.11. The largest absolute Gasteiger partial charge is 0.478 e. The van der Waals surface area contributed by atoms with Crippen LogP contribution in [0.3, 0.4) is 0 Å². The lowest BCUT2D eigenvalue weighted by Gasteiger charge is -2.29. The Bertz CT molecular complexity index is 759. The highest BCUT2D eigenvalue weighted by Gasteiger charge is 2.29. The van der Waals surface area contributed by atoms with Gasteiger partial charge in [0.05, 0.1) is 11.1 Å². The highest BCUT2D eigenvalue weighted by Crippen LogP contribution is 2.68. The van der Waals surface area contributed by atoms with Crippen molar-refractivity contribution in [3.8, 4) is 0 Å². The van der Waals surface area contributed by atoms with Gasteiger partial charge in [0.1, 0.15) is 0 Å². The molecule has 124 valence electrons. The van der Waals surface area contributed by atoms with Crippen molar-refractivity contribution in [1.29, 1.82) is 0 Å². The van der Waals surface area contributed by atoms with E-state index in [1.54, 1.807) is 10.8 Å². The van der Waals surface area contributed by atoms with Gasteiger partial charge in [0.15, 0.2) is 0 Å². The molecule has 0 amide bonds. The molecule has 1 aliphatic rings. The number of hydrogen-bond donors (Lipinski definition) is 4. The number of thiol groups is 2. The zero-order chi connectivity index (χ0) is 17.1. The van der Waals surface area contributed by atoms with Crippen LogP contribution in [0.4, 0.5) is 0 Å². The van der Waals surface area contributed by atoms with E-state index >= 15 is 0 Å². The Morgan fingerprint density at radius 3 is 1.42 bits per heavy atom. The molecule has 1 aliphatic heterocycles. The summed E-state index contributed by atoms with van der Waals surface area (Å²) in [6.45, 7) is 0. The van der Waals surface area contributed by atoms with Crippen LogP contribution < -0.4 is 0 Å². The van der Waals surface area contributed by atoms with Crippen molar-refractivity contribution in [3.05, 3.63) is 82.6 Å². The van der Waals surface area contributed by atoms with E-state index in [0.29, 0.717) is 0 Å². The molecule has 0 saturated heterocycles. The lowest BCUT2D eigenvalue weighted by molar-refractivity contribution is -0.136. The Hall–Kier alpha value is -2.44. The van der Waals surface area contributed by atoms with E-state index in [9.17, 15) is 19.8 Å². The summed E-state index contributed by atoms with van der Waals surface area (Å²) in [5, 5.41) is 21.9. The second-order valence-corrected chi connectivity index (χ2v) is 10.6. The van der Waals surface area contributed by atoms with Crippen molar-refractivity contribution in [2.24, 2.45) is 0 Å². The van der Waals surface area contributed by atoms with Crippen LogP contribution in [0.2, 0.25) is 0 Å². The van der Waals surface area contributed by atoms with Crippen LogP contribution in [0, 0.1) is 0 Å². The third kappa shape index (κ3) is 3.25. The molecule has 0 radical (unpaired) electrons. The first-order chi connectivity index (χ1) is 11.6. The Morgan fingerprint density at radius 1 is 0.708 bits per heavy atom. The second-order valence-electron chi connectivity index (χ2n) is 5.06. The Morgan fingerprint density at radius 2 is 1.08 bits per heavy atom. The van der Waals surface area contributed by atoms with Gasteiger partial charge in [-0.3, -0.25) is 0 Å². The third-order valence-corrected chi connectivity index (χ3v) is 10.1. The van der Waals surface area contributed by atoms with E-state index in [1.807, 2.05) is 60.7 Å². The second kappa shape index (κ2) is 6.98. The molecule has 0 fully saturated rings. The van der Waals surface area contributed by atoms with Crippen LogP contribution in [0.1, 0.15) is 0 Å². The number of carboxylic acid groups (broad SMARTS) is 2. The van der Waals surface area contributed by atoms with Crippen molar-refractivity contribution in [1.82, 2.24) is 0 Å². The SMILES string of the molecule is O=C(O)C1=C[SH]([SH](c2ccccc2)c2ccccc2)C=C1C(=O)O. The molecule has 6 heteroatoms. The van der Waals surface area contributed by atoms with Crippen molar-refractivity contribution in [2.45, 2.75) is 9.79 Å². The molecule has 3 rings (SSSR count). The summed E-state index contributed by atoms with van der Waals surface area (Å²) < 4.78 is 0. The van der Waals surface area contributed by atoms with Crippen molar-refractivity contribution >= 4 is 31.8 Å². The molecule has 0 spiro atoms. The predicted molar refractivity (Wildman–Crippen MR) is 98.8 cm³/mol. The molecule has 2 N–H and O–H groups in total. The number of benzene rings is 2. The van der Waals surface area contributed by atoms with Gasteiger partial charge in [-0.05, 0) is 44.9 Å². The molecule has 0 atom stereocenters. The van der Waals surface area contributed by atoms with E-state index in [1.165, 1.54) is 0 Å². The Kier molecular flexibility index (Phi) is 4.78. The molecular weight excluding hydrogens is 344 g/mol. The predicted octanol–water partition coefficient (Wildman–Crippen LogP) is 3.97. The molecule has 1 heterocycles. The fraction of sp³-hybridized carbons (Fsp3) is 0. The van der Waals surface area contributed by atoms with Crippen LogP contribution in [0.5, 0.6) is 0 Å². The molecule has 0 aliphatic carbocycles. The van der Waals surface area contributed by atoms with Crippen LogP contribution >= 0.6 is 19.9 Å². The highest BCUT2D eigenvalue weighted by atomic mass is 33.2. The van der Waals surface area contributed by atoms with Gasteiger partial charge in [-0.15, -0.1) is 0 Å². The molecule has 4 nitrogen and oxygen atoms in total. The van der Waals surface area contributed by atoms with Gasteiger partial charge in [-0.25, -0.2) is 9.59 Å². The summed E-state index contributed by atoms with van der Waals surface area (Å²) >= 11 is 0. The number of aliphatic carboxylic acids is 2. The van der Waals surface area contributed by atoms with Gasteiger partial charge >= 0.3 is 11.9 Å². The maximum Gasteiger partial charge on any atom is 0.337 e. The summed E-state index contributed by atoms with van der Waals surface area (Å²) in [5.41, 5.74) is -0.207. The first kappa shape index (κ1) is 16.4. The minimum Gasteiger partial charge on any atom is -0.478 e. The topological polar surface area (TPSA) is 74.6 Å². The number of carboxylic acids is 2. The zero-order valence-corrected chi connectivity index (χ0v) is 14.3. The van der Waals surface area contributed by atoms with E-state index < -0.39 is 31.8 Å². The minimum atomic E-state index is -1.19. The molecule has 2 aromatic rings. The molecule has 0 aromatic heterocycles. The Labute approximate surface area is 144 Å². The number of carbonyl (C=O) groups is 2. The van der Waals surface area contributed by atoms with Crippen LogP contribution in [0.25, 0.3) is 0 Å². The van der Waals surface area contributed by atoms with Crippen LogP contribution in [-0.4, -0.2) is 22.2 Å². The zero-order valence-electron chi connectivity index (χ0n) is 12.5. The van der Waals surface area contributed by atoms with Gasteiger partial charge in [-0.2, -0.15) is 19.9 Å². The van der Waals surface area contributed by atoms with E-state index in [-0.39, 0.29) is 11.1 Å². The monoisotopic (exact) mass is 360 g/mol. The molecular formula is C18H16O4S2. The quantitative estimate of drug-likeness (QED) is 0.481. The summed E-state index contributed by atoms with van der Waals surface area (Å²) in [7, 11) is -1.89. The maximum atomic E-state index is 11.4. The van der Waals surface area contributed by atoms with Crippen molar-refractivity contribution in [2.75, 3.05) is 0 Å². The molecule has 2 aromatic carbocycles. The minimum absolute atomic E-state index is 0.104. The molecule has 24 heavy (non-hydrogen) atoms. The smallest absolute Gasteiger partial charge is 0.337 e. The first-order valence-electron chi connectivity index (χ1n) is 7.17. The average molecular weight is 360 g/mol. The van der Waals surface area contributed by atoms with Gasteiger partial charge < -0.3 is 10.2 Å². The van der Waals surface area contributed by atoms with Crippen molar-refractivity contribution in [3.63, 3.8) is 0 Å². The lowest BCUT2D eigenvalue weighted by Crippen LogP contribution is -2.08. The normalized spacial score (nSPS) is 15.5. The summed E-state index contributed by atoms with van der Waals surface area (Å²) in [4.78, 5) is 25.0. The van der Waals surface area contributed by atoms with Gasteiger partial charge in [0.2, 0.25) is 0 Å². The van der Waals surface area contributed by atoms with Crippen LogP contribution in [0.15, 0.2) is 92.4 Å². The molecule has 0 bridgehead atoms. The van der Waals surface area contributed by atoms with Gasteiger partial charge in [-0.1, -0.05) is 36.4 Å². The fourth-order valence-corrected chi connectivity index (χ4v) is 9.31. The van der Waals surface area contributed by atoms with Gasteiger partial charge in [0, 0.05) is 0 Å². The standard InChI is InChI=1S/C18H16O4S2/c19-17(20)15-11-23(12-16(15)18(21)22)24(13-7-3-1-4-8-13)14-9-5-2-6-10-14/h1-12,23-24H,(H,19,20)(H,21,22). The fourth-order valence-electron chi connectivity index (χ4n) is 2.45. The lowest BCUT2D eigenvalue weighted by atomic mass is 10.1. The van der Waals surface area contributed by atoms with E-state index in [2.05, 4.69) is 0 Å². The van der Waals surface area contributed by atoms with E-state index in [4.69, 9.17) is 0 Å². The van der Waals surface area contributed by atoms with E-state index in [0.717, 1.165) is 9.79 Å². The average Bonchev–Trinajstić information content (AvgIpc) is 3.03. The first-order valence-corrected chi connectivity index (χ1v) is 10.7. The summed E-state index contributed by atoms with van der Waals surface area (Å²) in [5.74, 6) is -2.38. The maximum absolute atomic E-state index is 11.4. The summed E-state index contributed by atoms with van der Waals surface area (Å²) in [6, 6.07) is 19.7. The summed E-state index contributed by atoms with van der Waals surface area (Å²) in [6.07, 6.45) is 0.